The van der Waals surface area contributed by atoms with E-state index in [2.05, 4.69) is 126 Å². The third kappa shape index (κ3) is 10.5. The smallest absolute Gasteiger partial charge is 0.245 e. The van der Waals surface area contributed by atoms with Crippen molar-refractivity contribution in [1.82, 2.24) is 0 Å². The van der Waals surface area contributed by atoms with Gasteiger partial charge in [0.1, 0.15) is 18.0 Å². The summed E-state index contributed by atoms with van der Waals surface area (Å²) in [4.78, 5) is 25.2. The van der Waals surface area contributed by atoms with Gasteiger partial charge in [0.15, 0.2) is 5.78 Å². The van der Waals surface area contributed by atoms with Crippen LogP contribution in [0.2, 0.25) is 0 Å². The molecule has 9 nitrogen and oxygen atoms in total. The molecule has 9 heteroatoms. The maximum Gasteiger partial charge on any atom is 0.245 e. The number of allylic oxidation sites excluding steroid dienone is 2. The molecule has 0 aromatic heterocycles. The van der Waals surface area contributed by atoms with E-state index in [1.807, 2.05) is 42.5 Å². The van der Waals surface area contributed by atoms with Gasteiger partial charge >= 0.3 is 0 Å². The molecule has 0 fully saturated rings. The number of oxime groups is 1. The summed E-state index contributed by atoms with van der Waals surface area (Å²) in [6, 6.07) is 45.6. The molecular formula is C52H47N5O4. The molecule has 0 bridgehead atoms. The van der Waals surface area contributed by atoms with Crippen molar-refractivity contribution in [2.75, 3.05) is 10.4 Å². The predicted octanol–water partition coefficient (Wildman–Crippen LogP) is 14.1. The second kappa shape index (κ2) is 19.3. The fourth-order valence-corrected chi connectivity index (χ4v) is 6.62. The monoisotopic (exact) mass is 805 g/mol. The van der Waals surface area contributed by atoms with Crippen LogP contribution < -0.4 is 10.4 Å². The zero-order chi connectivity index (χ0) is 42.7. The van der Waals surface area contributed by atoms with Crippen LogP contribution in [0.4, 0.5) is 34.1 Å². The first kappa shape index (κ1) is 41.4. The summed E-state index contributed by atoms with van der Waals surface area (Å²) >= 11 is 0. The summed E-state index contributed by atoms with van der Waals surface area (Å²) in [6.07, 6.45) is 8.59. The van der Waals surface area contributed by atoms with Gasteiger partial charge in [-0.05, 0) is 170 Å². The van der Waals surface area contributed by atoms with E-state index in [9.17, 15) is 9.90 Å². The van der Waals surface area contributed by atoms with Gasteiger partial charge in [-0.25, -0.2) is 5.48 Å². The Kier molecular flexibility index (Phi) is 13.1. The lowest BCUT2D eigenvalue weighted by molar-refractivity contribution is 0.104. The number of nitrogens with zero attached hydrogens (tertiary/aromatic N) is 4. The number of rotatable bonds is 15. The zero-order valence-electron chi connectivity index (χ0n) is 34.8. The van der Waals surface area contributed by atoms with Gasteiger partial charge in [0.05, 0.1) is 11.4 Å². The summed E-state index contributed by atoms with van der Waals surface area (Å²) < 4.78 is 0. The summed E-state index contributed by atoms with van der Waals surface area (Å²) in [6.45, 7) is 10.6. The Morgan fingerprint density at radius 3 is 1.92 bits per heavy atom. The number of aromatic hydroxyl groups is 1. The summed E-state index contributed by atoms with van der Waals surface area (Å²) in [5, 5.41) is 24.6. The first-order valence-corrected chi connectivity index (χ1v) is 20.0. The normalized spacial score (nSPS) is 11.6. The van der Waals surface area contributed by atoms with Gasteiger partial charge in [-0.15, -0.1) is 5.11 Å². The molecule has 0 aliphatic carbocycles. The van der Waals surface area contributed by atoms with Gasteiger partial charge in [-0.2, -0.15) is 5.11 Å². The minimum atomic E-state index is -0.0805. The van der Waals surface area contributed by atoms with Crippen molar-refractivity contribution in [2.24, 2.45) is 15.4 Å². The van der Waals surface area contributed by atoms with Crippen molar-refractivity contribution in [3.63, 3.8) is 0 Å². The highest BCUT2D eigenvalue weighted by atomic mass is 16.7. The van der Waals surface area contributed by atoms with Gasteiger partial charge in [-0.3, -0.25) is 4.79 Å². The topological polar surface area (TPSA) is 108 Å². The lowest BCUT2D eigenvalue weighted by Crippen LogP contribution is -2.10. The van der Waals surface area contributed by atoms with Crippen LogP contribution in [0.5, 0.6) is 5.75 Å². The number of carbonyl (C=O) groups excluding carboxylic acids is 1. The average Bonchev–Trinajstić information content (AvgIpc) is 3.27. The van der Waals surface area contributed by atoms with Crippen LogP contribution in [0.25, 0.3) is 22.9 Å². The van der Waals surface area contributed by atoms with Gasteiger partial charge in [0.25, 0.3) is 0 Å². The second-order valence-corrected chi connectivity index (χ2v) is 14.7. The number of anilines is 4. The summed E-state index contributed by atoms with van der Waals surface area (Å²) in [5.74, 6) is -0.0736. The minimum absolute atomic E-state index is 0.00690. The third-order valence-corrected chi connectivity index (χ3v) is 10.4. The van der Waals surface area contributed by atoms with Crippen LogP contribution in [0, 0.1) is 27.7 Å². The Hall–Kier alpha value is -7.78. The molecule has 0 spiro atoms. The SMILES string of the molecule is CC=CC(=O)c1ccc(N=Nc2c(O)ccc3cc(CO/N=C/ONc4ccc(C=Cc5ccc(N(c6ccc(C)c(C)c6)c6ccc(C)c(C)c6)cc5)cc4)ccc23)cc1. The highest BCUT2D eigenvalue weighted by molar-refractivity contribution is 6.04. The molecule has 0 saturated carbocycles. The van der Waals surface area contributed by atoms with Crippen LogP contribution in [-0.4, -0.2) is 17.3 Å². The number of benzene rings is 7. The minimum Gasteiger partial charge on any atom is -0.506 e. The summed E-state index contributed by atoms with van der Waals surface area (Å²) in [5.41, 5.74) is 16.5. The molecule has 0 aliphatic rings. The Morgan fingerprint density at radius 1 is 0.672 bits per heavy atom. The largest absolute Gasteiger partial charge is 0.506 e. The standard InChI is InChI=1S/C52H47N5O4/c1-6-7-50(58)42-17-22-44(23-18-42)54-55-52-49-28-16-41(32-43(49)19-29-51(52)59)33-60-53-34-61-56-45-20-12-39(13-21-45)10-11-40-14-26-46(27-15-40)57(47-24-8-35(2)37(4)30-47)48-25-9-36(3)38(5)31-48/h6-32,34,56,59H,33H2,1-5H3/b7-6?,11-10?,53-34+,55-54?. The average molecular weight is 806 g/mol. The Morgan fingerprint density at radius 2 is 1.30 bits per heavy atom. The molecule has 7 aromatic rings. The van der Waals surface area contributed by atoms with Crippen LogP contribution in [0.15, 0.2) is 167 Å². The highest BCUT2D eigenvalue weighted by Gasteiger charge is 2.14. The van der Waals surface area contributed by atoms with Crippen molar-refractivity contribution in [2.45, 2.75) is 41.2 Å². The molecule has 0 unspecified atom stereocenters. The maximum atomic E-state index is 12.1. The van der Waals surface area contributed by atoms with Crippen molar-refractivity contribution < 1.29 is 19.6 Å². The zero-order valence-corrected chi connectivity index (χ0v) is 34.8. The number of aryl methyl sites for hydroxylation is 4. The lowest BCUT2D eigenvalue weighted by Gasteiger charge is -2.27. The number of fused-ring (bicyclic) bond motifs is 1. The van der Waals surface area contributed by atoms with Gasteiger partial charge in [0, 0.05) is 28.0 Å². The molecule has 0 atom stereocenters. The van der Waals surface area contributed by atoms with Gasteiger partial charge in [-0.1, -0.05) is 78.0 Å². The van der Waals surface area contributed by atoms with Crippen LogP contribution in [0.3, 0.4) is 0 Å². The molecule has 0 saturated heterocycles. The molecule has 0 aliphatic heterocycles. The Bertz CT molecular complexity index is 2720. The Balaban J connectivity index is 0.902. The molecule has 304 valence electrons. The molecular weight excluding hydrogens is 759 g/mol. The van der Waals surface area contributed by atoms with Gasteiger partial charge in [0.2, 0.25) is 6.40 Å². The number of phenolic OH excluding ortho intramolecular Hbond substituents is 1. The lowest BCUT2D eigenvalue weighted by atomic mass is 10.1. The van der Waals surface area contributed by atoms with E-state index >= 15 is 0 Å². The van der Waals surface area contributed by atoms with E-state index in [1.165, 1.54) is 34.7 Å². The van der Waals surface area contributed by atoms with Crippen LogP contribution >= 0.6 is 0 Å². The molecule has 0 heterocycles. The number of nitrogens with one attached hydrogen (secondary N) is 1. The number of azo groups is 1. The fraction of sp³-hybridized carbons (Fsp3) is 0.115. The molecule has 7 aromatic carbocycles. The fourth-order valence-electron chi connectivity index (χ4n) is 6.62. The van der Waals surface area contributed by atoms with E-state index in [4.69, 9.17) is 9.68 Å². The van der Waals surface area contributed by atoms with Crippen LogP contribution in [0.1, 0.15) is 56.2 Å². The number of phenols is 1. The van der Waals surface area contributed by atoms with Gasteiger partial charge < -0.3 is 19.7 Å². The van der Waals surface area contributed by atoms with Crippen molar-refractivity contribution in [3.8, 4) is 5.75 Å². The predicted molar refractivity (Wildman–Crippen MR) is 249 cm³/mol. The van der Waals surface area contributed by atoms with E-state index in [-0.39, 0.29) is 18.1 Å². The van der Waals surface area contributed by atoms with Crippen molar-refractivity contribution in [3.05, 3.63) is 196 Å². The first-order chi connectivity index (χ1) is 29.6. The molecule has 2 N–H and O–H groups in total. The maximum absolute atomic E-state index is 12.1. The van der Waals surface area contributed by atoms with Crippen LogP contribution in [-0.2, 0) is 16.3 Å². The number of ketones is 1. The molecule has 0 radical (unpaired) electrons. The van der Waals surface area contributed by atoms with E-state index in [0.717, 1.165) is 50.2 Å². The van der Waals surface area contributed by atoms with Crippen molar-refractivity contribution >= 4 is 69.2 Å². The van der Waals surface area contributed by atoms with E-state index < -0.39 is 0 Å². The van der Waals surface area contributed by atoms with E-state index in [1.54, 1.807) is 49.4 Å². The second-order valence-electron chi connectivity index (χ2n) is 14.7. The molecule has 0 amide bonds. The first-order valence-electron chi connectivity index (χ1n) is 20.0. The van der Waals surface area contributed by atoms with E-state index in [0.29, 0.717) is 16.9 Å². The highest BCUT2D eigenvalue weighted by Crippen LogP contribution is 2.38. The number of carbonyl (C=O) groups is 1. The molecule has 7 rings (SSSR count). The summed E-state index contributed by atoms with van der Waals surface area (Å²) in [7, 11) is 0. The number of hydrogen-bond acceptors (Lipinski definition) is 9. The quantitative estimate of drug-likeness (QED) is 0.0203. The van der Waals surface area contributed by atoms with Crippen molar-refractivity contribution in [1.29, 1.82) is 0 Å². The molecule has 61 heavy (non-hydrogen) atoms. The Labute approximate surface area is 356 Å². The number of hydrogen-bond donors (Lipinski definition) is 2. The third-order valence-electron chi connectivity index (χ3n) is 10.4.